The second-order valence-corrected chi connectivity index (χ2v) is 5.76. The summed E-state index contributed by atoms with van der Waals surface area (Å²) in [4.78, 5) is 19.7. The van der Waals surface area contributed by atoms with E-state index in [9.17, 15) is 14.3 Å². The molecule has 0 saturated heterocycles. The first kappa shape index (κ1) is 19.2. The zero-order valence-electron chi connectivity index (χ0n) is 13.0. The summed E-state index contributed by atoms with van der Waals surface area (Å²) in [6.07, 6.45) is 1.04. The van der Waals surface area contributed by atoms with Crippen LogP contribution in [0, 0.1) is 12.7 Å². The summed E-state index contributed by atoms with van der Waals surface area (Å²) in [5.74, 6) is -2.18. The third-order valence-electron chi connectivity index (χ3n) is 2.84. The first-order valence-electron chi connectivity index (χ1n) is 6.80. The molecule has 0 fully saturated rings. The number of nitrogens with zero attached hydrogens (tertiary/aromatic N) is 4. The monoisotopic (exact) mass is 404 g/mol. The van der Waals surface area contributed by atoms with Crippen molar-refractivity contribution >= 4 is 58.7 Å². The van der Waals surface area contributed by atoms with E-state index < -0.39 is 22.7 Å². The number of aliphatic hydroxyl groups is 1. The number of hydrogen-bond acceptors (Lipinski definition) is 8. The number of carbonyl (C=O) groups is 1. The highest BCUT2D eigenvalue weighted by Gasteiger charge is 2.21. The standard InChI is InChI=1S/C14H11Cl2FN4O3S/c1-3-24-14(23)8(5-18-13-6(2)20-25-21-13)10(22)7-4-9(17)12(16)19-11(7)15/h4-5,22H,3H2,1-2H3. The Hall–Kier alpha value is -2.10. The van der Waals surface area contributed by atoms with Crippen molar-refractivity contribution in [3.63, 3.8) is 0 Å². The molecule has 0 spiro atoms. The molecule has 132 valence electrons. The predicted octanol–water partition coefficient (Wildman–Crippen LogP) is 3.92. The fourth-order valence-corrected chi connectivity index (χ4v) is 2.56. The lowest BCUT2D eigenvalue weighted by molar-refractivity contribution is -0.137. The van der Waals surface area contributed by atoms with Crippen molar-refractivity contribution in [2.24, 2.45) is 4.99 Å². The Labute approximate surface area is 156 Å². The third-order valence-corrected chi connectivity index (χ3v) is 4.00. The fraction of sp³-hybridized carbons (Fsp3) is 0.214. The van der Waals surface area contributed by atoms with Crippen molar-refractivity contribution in [2.75, 3.05) is 6.61 Å². The Morgan fingerprint density at radius 1 is 1.44 bits per heavy atom. The molecule has 0 amide bonds. The lowest BCUT2D eigenvalue weighted by Gasteiger charge is -2.08. The topological polar surface area (TPSA) is 97.6 Å². The number of pyridine rings is 1. The van der Waals surface area contributed by atoms with E-state index >= 15 is 0 Å². The van der Waals surface area contributed by atoms with Crippen LogP contribution in [0.4, 0.5) is 10.2 Å². The average molecular weight is 405 g/mol. The molecule has 1 N–H and O–H groups in total. The smallest absolute Gasteiger partial charge is 0.343 e. The van der Waals surface area contributed by atoms with E-state index in [4.69, 9.17) is 27.9 Å². The number of rotatable bonds is 5. The number of hydrogen-bond donors (Lipinski definition) is 1. The fourth-order valence-electron chi connectivity index (χ4n) is 1.65. The van der Waals surface area contributed by atoms with Gasteiger partial charge in [0.25, 0.3) is 0 Å². The maximum absolute atomic E-state index is 13.6. The quantitative estimate of drug-likeness (QED) is 0.266. The number of aryl methyl sites for hydroxylation is 1. The molecule has 25 heavy (non-hydrogen) atoms. The van der Waals surface area contributed by atoms with Gasteiger partial charge < -0.3 is 9.84 Å². The van der Waals surface area contributed by atoms with Gasteiger partial charge >= 0.3 is 5.97 Å². The summed E-state index contributed by atoms with van der Waals surface area (Å²) in [7, 11) is 0. The molecule has 2 aromatic heterocycles. The molecule has 2 heterocycles. The number of carbonyl (C=O) groups excluding carboxylic acids is 1. The highest BCUT2D eigenvalue weighted by molar-refractivity contribution is 6.99. The molecule has 0 aliphatic rings. The highest BCUT2D eigenvalue weighted by atomic mass is 35.5. The number of esters is 1. The molecule has 0 aliphatic carbocycles. The second-order valence-electron chi connectivity index (χ2n) is 4.51. The van der Waals surface area contributed by atoms with Gasteiger partial charge in [-0.3, -0.25) is 0 Å². The number of ether oxygens (including phenoxy) is 1. The van der Waals surface area contributed by atoms with Gasteiger partial charge in [0, 0.05) is 6.21 Å². The number of aromatic nitrogens is 3. The van der Waals surface area contributed by atoms with Gasteiger partial charge in [0.2, 0.25) is 0 Å². The molecule has 2 rings (SSSR count). The Kier molecular flexibility index (Phi) is 6.40. The van der Waals surface area contributed by atoms with Gasteiger partial charge in [-0.1, -0.05) is 23.2 Å². The summed E-state index contributed by atoms with van der Waals surface area (Å²) < 4.78 is 26.4. The van der Waals surface area contributed by atoms with E-state index in [1.807, 2.05) is 0 Å². The second kappa shape index (κ2) is 8.32. The number of halogens is 3. The lowest BCUT2D eigenvalue weighted by Crippen LogP contribution is -2.12. The van der Waals surface area contributed by atoms with E-state index in [1.54, 1.807) is 13.8 Å². The van der Waals surface area contributed by atoms with Gasteiger partial charge in [-0.15, -0.1) is 0 Å². The molecular weight excluding hydrogens is 394 g/mol. The molecule has 0 aliphatic heterocycles. The molecule has 0 bridgehead atoms. The van der Waals surface area contributed by atoms with E-state index in [1.165, 1.54) is 0 Å². The van der Waals surface area contributed by atoms with Crippen LogP contribution >= 0.6 is 34.9 Å². The van der Waals surface area contributed by atoms with Crippen LogP contribution in [0.5, 0.6) is 0 Å². The van der Waals surface area contributed by atoms with Gasteiger partial charge in [-0.05, 0) is 19.9 Å². The minimum Gasteiger partial charge on any atom is -0.506 e. The Morgan fingerprint density at radius 3 is 2.76 bits per heavy atom. The molecule has 7 nitrogen and oxygen atoms in total. The molecule has 2 aromatic rings. The van der Waals surface area contributed by atoms with Crippen molar-refractivity contribution in [2.45, 2.75) is 13.8 Å². The highest BCUT2D eigenvalue weighted by Crippen LogP contribution is 2.27. The third kappa shape index (κ3) is 4.50. The summed E-state index contributed by atoms with van der Waals surface area (Å²) in [5.41, 5.74) is -0.0351. The van der Waals surface area contributed by atoms with Crippen molar-refractivity contribution in [3.05, 3.63) is 39.0 Å². The van der Waals surface area contributed by atoms with Crippen LogP contribution in [0.1, 0.15) is 18.2 Å². The van der Waals surface area contributed by atoms with E-state index in [0.29, 0.717) is 5.69 Å². The molecule has 0 aromatic carbocycles. The van der Waals surface area contributed by atoms with E-state index in [2.05, 4.69) is 18.7 Å². The van der Waals surface area contributed by atoms with Crippen LogP contribution in [0.3, 0.4) is 0 Å². The van der Waals surface area contributed by atoms with E-state index in [-0.39, 0.29) is 28.7 Å². The van der Waals surface area contributed by atoms with Gasteiger partial charge in [-0.2, -0.15) is 8.75 Å². The summed E-state index contributed by atoms with van der Waals surface area (Å²) in [6.45, 7) is 3.33. The van der Waals surface area contributed by atoms with Crippen molar-refractivity contribution in [1.82, 2.24) is 13.7 Å². The van der Waals surface area contributed by atoms with Crippen molar-refractivity contribution < 1.29 is 19.0 Å². The number of aliphatic hydroxyl groups excluding tert-OH is 1. The summed E-state index contributed by atoms with van der Waals surface area (Å²) >= 11 is 12.3. The van der Waals surface area contributed by atoms with Gasteiger partial charge in [-0.25, -0.2) is 19.2 Å². The zero-order valence-corrected chi connectivity index (χ0v) is 15.3. The first-order chi connectivity index (χ1) is 11.8. The van der Waals surface area contributed by atoms with Gasteiger partial charge in [0.05, 0.1) is 29.6 Å². The predicted molar refractivity (Wildman–Crippen MR) is 93.2 cm³/mol. The molecule has 11 heteroatoms. The molecule has 0 unspecified atom stereocenters. The van der Waals surface area contributed by atoms with Crippen LogP contribution in [0.2, 0.25) is 10.3 Å². The summed E-state index contributed by atoms with van der Waals surface area (Å²) in [6, 6.07) is 0.857. The normalized spacial score (nSPS) is 12.4. The summed E-state index contributed by atoms with van der Waals surface area (Å²) in [5, 5.41) is 9.64. The van der Waals surface area contributed by atoms with Gasteiger partial charge in [0.15, 0.2) is 16.8 Å². The van der Waals surface area contributed by atoms with E-state index in [0.717, 1.165) is 24.0 Å². The first-order valence-corrected chi connectivity index (χ1v) is 8.29. The maximum Gasteiger partial charge on any atom is 0.343 e. The van der Waals surface area contributed by atoms with Crippen LogP contribution in [0.25, 0.3) is 5.76 Å². The van der Waals surface area contributed by atoms with Crippen LogP contribution in [-0.4, -0.2) is 37.6 Å². The van der Waals surface area contributed by atoms with Crippen LogP contribution < -0.4 is 0 Å². The van der Waals surface area contributed by atoms with Gasteiger partial charge in [0.1, 0.15) is 16.5 Å². The molecular formula is C14H11Cl2FN4O3S. The largest absolute Gasteiger partial charge is 0.506 e. The average Bonchev–Trinajstić information content (AvgIpc) is 2.96. The Morgan fingerprint density at radius 2 is 2.16 bits per heavy atom. The Balaban J connectivity index is 2.55. The molecule has 0 atom stereocenters. The minimum absolute atomic E-state index is 0.0572. The van der Waals surface area contributed by atoms with Crippen LogP contribution in [0.15, 0.2) is 16.6 Å². The maximum atomic E-state index is 13.6. The zero-order chi connectivity index (χ0) is 18.6. The molecule has 0 saturated carbocycles. The Bertz CT molecular complexity index is 870. The molecule has 0 radical (unpaired) electrons. The van der Waals surface area contributed by atoms with Crippen molar-refractivity contribution in [1.29, 1.82) is 0 Å². The SMILES string of the molecule is CCOC(=O)C(C=Nc1nsnc1C)=C(O)c1cc(F)c(Cl)nc1Cl. The van der Waals surface area contributed by atoms with Crippen molar-refractivity contribution in [3.8, 4) is 0 Å². The van der Waals surface area contributed by atoms with Crippen LogP contribution in [-0.2, 0) is 9.53 Å². The lowest BCUT2D eigenvalue weighted by atomic mass is 10.1. The number of aliphatic imine (C=N–C) groups is 1. The minimum atomic E-state index is -0.910.